The van der Waals surface area contributed by atoms with Crippen molar-refractivity contribution in [2.75, 3.05) is 32.8 Å². The highest BCUT2D eigenvalue weighted by molar-refractivity contribution is 5.95. The molecule has 23 heavy (non-hydrogen) atoms. The van der Waals surface area contributed by atoms with Crippen LogP contribution in [0, 0.1) is 6.92 Å². The zero-order valence-corrected chi connectivity index (χ0v) is 13.9. The van der Waals surface area contributed by atoms with E-state index < -0.39 is 0 Å². The maximum Gasteiger partial charge on any atom is 0.257 e. The summed E-state index contributed by atoms with van der Waals surface area (Å²) in [5.41, 5.74) is 0.563. The van der Waals surface area contributed by atoms with E-state index in [4.69, 9.17) is 9.15 Å². The van der Waals surface area contributed by atoms with Crippen LogP contribution in [0.2, 0.25) is 0 Å². The topological polar surface area (TPSA) is 45.9 Å². The number of aryl methyl sites for hydroxylation is 1. The van der Waals surface area contributed by atoms with Gasteiger partial charge >= 0.3 is 0 Å². The summed E-state index contributed by atoms with van der Waals surface area (Å²) < 4.78 is 11.5. The molecule has 3 aliphatic rings. The first kappa shape index (κ1) is 15.2. The summed E-state index contributed by atoms with van der Waals surface area (Å²) in [7, 11) is 0. The normalized spacial score (nSPS) is 32.0. The zero-order valence-electron chi connectivity index (χ0n) is 13.9. The van der Waals surface area contributed by atoms with E-state index in [0.29, 0.717) is 17.4 Å². The van der Waals surface area contributed by atoms with Crippen molar-refractivity contribution in [3.05, 3.63) is 23.7 Å². The molecule has 5 heteroatoms. The number of amides is 1. The third-order valence-electron chi connectivity index (χ3n) is 5.82. The molecule has 3 fully saturated rings. The largest absolute Gasteiger partial charge is 0.469 e. The Morgan fingerprint density at radius 1 is 1.30 bits per heavy atom. The Bertz CT molecular complexity index is 579. The molecule has 0 aromatic carbocycles. The molecular weight excluding hydrogens is 292 g/mol. The smallest absolute Gasteiger partial charge is 0.257 e. The molecule has 0 unspecified atom stereocenters. The lowest BCUT2D eigenvalue weighted by molar-refractivity contribution is -0.0946. The average molecular weight is 318 g/mol. The second-order valence-corrected chi connectivity index (χ2v) is 7.29. The van der Waals surface area contributed by atoms with Gasteiger partial charge in [0.15, 0.2) is 0 Å². The maximum atomic E-state index is 12.7. The van der Waals surface area contributed by atoms with E-state index in [1.807, 2.05) is 11.8 Å². The summed E-state index contributed by atoms with van der Waals surface area (Å²) in [6.07, 6.45) is 7.41. The summed E-state index contributed by atoms with van der Waals surface area (Å²) in [5, 5.41) is 0. The van der Waals surface area contributed by atoms with E-state index in [2.05, 4.69) is 4.90 Å². The second-order valence-electron chi connectivity index (χ2n) is 7.29. The van der Waals surface area contributed by atoms with Crippen LogP contribution in [0.25, 0.3) is 0 Å². The van der Waals surface area contributed by atoms with Crippen LogP contribution in [-0.2, 0) is 4.74 Å². The number of ether oxygens (including phenoxy) is 1. The van der Waals surface area contributed by atoms with E-state index in [9.17, 15) is 4.79 Å². The van der Waals surface area contributed by atoms with Gasteiger partial charge in [-0.3, -0.25) is 4.79 Å². The fraction of sp³-hybridized carbons (Fsp3) is 0.722. The van der Waals surface area contributed by atoms with Crippen molar-refractivity contribution >= 4 is 5.91 Å². The lowest BCUT2D eigenvalue weighted by Gasteiger charge is -2.41. The van der Waals surface area contributed by atoms with Crippen molar-refractivity contribution in [1.29, 1.82) is 0 Å². The molecule has 0 aliphatic carbocycles. The molecule has 0 radical (unpaired) electrons. The van der Waals surface area contributed by atoms with Crippen molar-refractivity contribution in [3.8, 4) is 0 Å². The third kappa shape index (κ3) is 2.81. The highest BCUT2D eigenvalue weighted by Crippen LogP contribution is 2.37. The summed E-state index contributed by atoms with van der Waals surface area (Å²) in [5.74, 6) is 0.787. The van der Waals surface area contributed by atoms with Gasteiger partial charge in [-0.25, -0.2) is 0 Å². The summed E-state index contributed by atoms with van der Waals surface area (Å²) in [4.78, 5) is 17.3. The third-order valence-corrected chi connectivity index (χ3v) is 5.82. The fourth-order valence-electron chi connectivity index (χ4n) is 4.50. The van der Waals surface area contributed by atoms with Gasteiger partial charge in [-0.05, 0) is 58.2 Å². The van der Waals surface area contributed by atoms with Gasteiger partial charge in [-0.15, -0.1) is 0 Å². The number of carbonyl (C=O) groups is 1. The van der Waals surface area contributed by atoms with Crippen molar-refractivity contribution in [1.82, 2.24) is 9.80 Å². The Morgan fingerprint density at radius 2 is 2.13 bits per heavy atom. The van der Waals surface area contributed by atoms with Crippen LogP contribution < -0.4 is 0 Å². The number of nitrogens with zero attached hydrogens (tertiary/aromatic N) is 2. The van der Waals surface area contributed by atoms with Gasteiger partial charge in [0.2, 0.25) is 0 Å². The minimum atomic E-state index is -0.126. The van der Waals surface area contributed by atoms with Crippen molar-refractivity contribution in [2.45, 2.75) is 50.7 Å². The van der Waals surface area contributed by atoms with Crippen LogP contribution in [0.1, 0.15) is 48.2 Å². The number of rotatable bonds is 2. The molecule has 1 amide bonds. The lowest BCUT2D eigenvalue weighted by atomic mass is 9.89. The molecule has 3 aliphatic heterocycles. The minimum Gasteiger partial charge on any atom is -0.469 e. The molecule has 1 aromatic heterocycles. The molecule has 4 rings (SSSR count). The molecule has 4 heterocycles. The van der Waals surface area contributed by atoms with Gasteiger partial charge in [0.05, 0.1) is 24.0 Å². The molecular formula is C18H26N2O3. The van der Waals surface area contributed by atoms with Gasteiger partial charge in [0.1, 0.15) is 5.76 Å². The number of furan rings is 1. The molecule has 1 aromatic rings. The van der Waals surface area contributed by atoms with Crippen LogP contribution in [0.4, 0.5) is 0 Å². The van der Waals surface area contributed by atoms with E-state index >= 15 is 0 Å². The molecule has 1 spiro atoms. The van der Waals surface area contributed by atoms with E-state index in [-0.39, 0.29) is 11.5 Å². The molecule has 126 valence electrons. The predicted molar refractivity (Wildman–Crippen MR) is 86.5 cm³/mol. The predicted octanol–water partition coefficient (Wildman–Crippen LogP) is 2.45. The average Bonchev–Trinajstić information content (AvgIpc) is 3.28. The van der Waals surface area contributed by atoms with Crippen LogP contribution in [0.3, 0.4) is 0 Å². The molecule has 2 atom stereocenters. The Balaban J connectivity index is 1.44. The van der Waals surface area contributed by atoms with Crippen LogP contribution in [0.15, 0.2) is 16.7 Å². The second kappa shape index (κ2) is 5.95. The summed E-state index contributed by atoms with van der Waals surface area (Å²) in [6, 6.07) is 2.41. The first-order chi connectivity index (χ1) is 11.2. The van der Waals surface area contributed by atoms with Crippen molar-refractivity contribution in [3.63, 3.8) is 0 Å². The van der Waals surface area contributed by atoms with Crippen LogP contribution >= 0.6 is 0 Å². The number of carbonyl (C=O) groups excluding carboxylic acids is 1. The molecule has 0 saturated carbocycles. The van der Waals surface area contributed by atoms with Crippen LogP contribution in [0.5, 0.6) is 0 Å². The zero-order chi connectivity index (χ0) is 15.9. The highest BCUT2D eigenvalue weighted by Gasteiger charge is 2.46. The first-order valence-corrected chi connectivity index (χ1v) is 8.88. The Kier molecular flexibility index (Phi) is 3.93. The lowest BCUT2D eigenvalue weighted by Crippen LogP contribution is -2.49. The fourth-order valence-corrected chi connectivity index (χ4v) is 4.50. The summed E-state index contributed by atoms with van der Waals surface area (Å²) >= 11 is 0. The Labute approximate surface area is 137 Å². The Hall–Kier alpha value is -1.33. The van der Waals surface area contributed by atoms with Gasteiger partial charge in [0, 0.05) is 19.2 Å². The number of hydrogen-bond acceptors (Lipinski definition) is 4. The van der Waals surface area contributed by atoms with E-state index in [1.165, 1.54) is 25.9 Å². The summed E-state index contributed by atoms with van der Waals surface area (Å²) in [6.45, 7) is 6.65. The van der Waals surface area contributed by atoms with Crippen LogP contribution in [-0.4, -0.2) is 60.1 Å². The standard InChI is InChI=1S/C18H26N2O3/c1-14-16(5-10-22-14)17(21)20-9-6-18(13-20)12-15(4-11-23-18)19-7-2-3-8-19/h5,10,15H,2-4,6-9,11-13H2,1H3/t15-,18-/m1/s1. The van der Waals surface area contributed by atoms with Crippen molar-refractivity contribution in [2.24, 2.45) is 0 Å². The van der Waals surface area contributed by atoms with E-state index in [1.54, 1.807) is 12.3 Å². The monoisotopic (exact) mass is 318 g/mol. The Morgan fingerprint density at radius 3 is 2.87 bits per heavy atom. The van der Waals surface area contributed by atoms with Crippen molar-refractivity contribution < 1.29 is 13.9 Å². The molecule has 0 bridgehead atoms. The van der Waals surface area contributed by atoms with Gasteiger partial charge in [0.25, 0.3) is 5.91 Å². The van der Waals surface area contributed by atoms with Gasteiger partial charge in [-0.1, -0.05) is 0 Å². The number of likely N-dealkylation sites (tertiary alicyclic amines) is 2. The minimum absolute atomic E-state index is 0.0834. The number of hydrogen-bond donors (Lipinski definition) is 0. The van der Waals surface area contributed by atoms with Gasteiger partial charge < -0.3 is 19.0 Å². The molecule has 0 N–H and O–H groups in total. The maximum absolute atomic E-state index is 12.7. The quantitative estimate of drug-likeness (QED) is 0.840. The highest BCUT2D eigenvalue weighted by atomic mass is 16.5. The SMILES string of the molecule is Cc1occc1C(=O)N1CC[C@@]2(C[C@H](N3CCCC3)CCO2)C1. The van der Waals surface area contributed by atoms with E-state index in [0.717, 1.165) is 39.0 Å². The van der Waals surface area contributed by atoms with Gasteiger partial charge in [-0.2, -0.15) is 0 Å². The molecule has 3 saturated heterocycles. The molecule has 5 nitrogen and oxygen atoms in total. The first-order valence-electron chi connectivity index (χ1n) is 8.88.